The van der Waals surface area contributed by atoms with E-state index in [0.29, 0.717) is 17.3 Å². The number of carbonyl (C=O) groups excluding carboxylic acids is 1. The number of hydrogen-bond acceptors (Lipinski definition) is 2. The second kappa shape index (κ2) is 5.80. The molecule has 20 heavy (non-hydrogen) atoms. The van der Waals surface area contributed by atoms with Crippen LogP contribution in [0.5, 0.6) is 0 Å². The zero-order valence-electron chi connectivity index (χ0n) is 12.3. The van der Waals surface area contributed by atoms with Crippen molar-refractivity contribution in [2.45, 2.75) is 40.7 Å². The minimum atomic E-state index is -0.0454. The van der Waals surface area contributed by atoms with Gasteiger partial charge < -0.3 is 0 Å². The predicted octanol–water partition coefficient (Wildman–Crippen LogP) is 4.10. The van der Waals surface area contributed by atoms with Crippen molar-refractivity contribution in [3.8, 4) is 0 Å². The van der Waals surface area contributed by atoms with Crippen LogP contribution in [0.3, 0.4) is 0 Å². The normalized spacial score (nSPS) is 10.8. The number of ketones is 1. The molecule has 0 amide bonds. The van der Waals surface area contributed by atoms with Crippen LogP contribution in [0.1, 0.15) is 46.1 Å². The van der Waals surface area contributed by atoms with Crippen LogP contribution in [-0.2, 0) is 6.54 Å². The number of rotatable bonds is 4. The summed E-state index contributed by atoms with van der Waals surface area (Å²) in [5.74, 6) is -0.0454. The second-order valence-corrected chi connectivity index (χ2v) is 5.57. The fraction of sp³-hybridized carbons (Fsp3) is 0.375. The van der Waals surface area contributed by atoms with E-state index in [1.807, 2.05) is 39.8 Å². The Kier molecular flexibility index (Phi) is 4.29. The van der Waals surface area contributed by atoms with E-state index >= 15 is 0 Å². The van der Waals surface area contributed by atoms with Crippen LogP contribution in [-0.4, -0.2) is 15.6 Å². The molecule has 0 fully saturated rings. The molecule has 0 saturated carbocycles. The van der Waals surface area contributed by atoms with Gasteiger partial charge in [-0.05, 0) is 38.3 Å². The molecule has 0 N–H and O–H groups in total. The number of benzene rings is 1. The van der Waals surface area contributed by atoms with Gasteiger partial charge in [-0.2, -0.15) is 5.10 Å². The van der Waals surface area contributed by atoms with Gasteiger partial charge in [0.15, 0.2) is 0 Å². The van der Waals surface area contributed by atoms with Crippen molar-refractivity contribution in [2.24, 2.45) is 0 Å². The highest BCUT2D eigenvalue weighted by molar-refractivity contribution is 6.34. The monoisotopic (exact) mass is 290 g/mol. The molecule has 0 unspecified atom stereocenters. The average molecular weight is 291 g/mol. The van der Waals surface area contributed by atoms with E-state index in [1.54, 1.807) is 10.9 Å². The Labute approximate surface area is 124 Å². The van der Waals surface area contributed by atoms with Crippen LogP contribution in [0.4, 0.5) is 0 Å². The van der Waals surface area contributed by atoms with E-state index in [9.17, 15) is 4.79 Å². The molecule has 1 aromatic carbocycles. The van der Waals surface area contributed by atoms with E-state index in [2.05, 4.69) is 5.10 Å². The van der Waals surface area contributed by atoms with Gasteiger partial charge in [0, 0.05) is 12.1 Å². The first kappa shape index (κ1) is 14.8. The van der Waals surface area contributed by atoms with Gasteiger partial charge in [-0.3, -0.25) is 9.48 Å². The Morgan fingerprint density at radius 2 is 1.85 bits per heavy atom. The average Bonchev–Trinajstić information content (AvgIpc) is 2.69. The van der Waals surface area contributed by atoms with E-state index in [0.717, 1.165) is 28.7 Å². The molecule has 0 radical (unpaired) electrons. The molecule has 2 aromatic rings. The van der Waals surface area contributed by atoms with E-state index < -0.39 is 0 Å². The molecular weight excluding hydrogens is 272 g/mol. The standard InChI is InChI=1S/C16H19ClN2O/c1-5-6-19-15(13(17)9-18-19)16(20)14-11(3)7-10(2)8-12(14)4/h7-9H,5-6H2,1-4H3. The number of aromatic nitrogens is 2. The highest BCUT2D eigenvalue weighted by Crippen LogP contribution is 2.24. The molecule has 2 rings (SSSR count). The predicted molar refractivity (Wildman–Crippen MR) is 81.6 cm³/mol. The fourth-order valence-electron chi connectivity index (χ4n) is 2.63. The summed E-state index contributed by atoms with van der Waals surface area (Å²) >= 11 is 6.16. The number of carbonyl (C=O) groups is 1. The molecule has 0 aliphatic heterocycles. The van der Waals surface area contributed by atoms with Gasteiger partial charge in [0.25, 0.3) is 0 Å². The lowest BCUT2D eigenvalue weighted by molar-refractivity contribution is 0.102. The van der Waals surface area contributed by atoms with Gasteiger partial charge in [0.05, 0.1) is 11.2 Å². The third-order valence-electron chi connectivity index (χ3n) is 3.35. The third kappa shape index (κ3) is 2.63. The minimum Gasteiger partial charge on any atom is -0.287 e. The molecule has 106 valence electrons. The minimum absolute atomic E-state index is 0.0454. The lowest BCUT2D eigenvalue weighted by atomic mass is 9.95. The first-order chi connectivity index (χ1) is 9.45. The summed E-state index contributed by atoms with van der Waals surface area (Å²) in [5, 5.41) is 4.61. The number of halogens is 1. The largest absolute Gasteiger partial charge is 0.287 e. The Morgan fingerprint density at radius 3 is 2.40 bits per heavy atom. The topological polar surface area (TPSA) is 34.9 Å². The molecule has 0 bridgehead atoms. The molecule has 0 aliphatic carbocycles. The summed E-state index contributed by atoms with van der Waals surface area (Å²) in [4.78, 5) is 12.8. The smallest absolute Gasteiger partial charge is 0.213 e. The molecule has 0 atom stereocenters. The van der Waals surface area contributed by atoms with Crippen LogP contribution in [0.25, 0.3) is 0 Å². The first-order valence-corrected chi connectivity index (χ1v) is 7.17. The van der Waals surface area contributed by atoms with Crippen LogP contribution in [0.15, 0.2) is 18.3 Å². The molecule has 4 heteroatoms. The zero-order chi connectivity index (χ0) is 14.9. The molecular formula is C16H19ClN2O. The first-order valence-electron chi connectivity index (χ1n) is 6.79. The van der Waals surface area contributed by atoms with Crippen LogP contribution in [0.2, 0.25) is 5.02 Å². The van der Waals surface area contributed by atoms with Crippen LogP contribution in [0, 0.1) is 20.8 Å². The second-order valence-electron chi connectivity index (χ2n) is 5.17. The lowest BCUT2D eigenvalue weighted by Gasteiger charge is -2.12. The van der Waals surface area contributed by atoms with Crippen molar-refractivity contribution < 1.29 is 4.79 Å². The van der Waals surface area contributed by atoms with Crippen LogP contribution < -0.4 is 0 Å². The summed E-state index contributed by atoms with van der Waals surface area (Å²) in [7, 11) is 0. The van der Waals surface area contributed by atoms with Gasteiger partial charge >= 0.3 is 0 Å². The Morgan fingerprint density at radius 1 is 1.25 bits per heavy atom. The van der Waals surface area contributed by atoms with Crippen molar-refractivity contribution in [3.05, 3.63) is 51.3 Å². The molecule has 3 nitrogen and oxygen atoms in total. The number of aryl methyl sites for hydroxylation is 4. The zero-order valence-corrected chi connectivity index (χ0v) is 13.1. The van der Waals surface area contributed by atoms with Gasteiger partial charge in [0.2, 0.25) is 5.78 Å². The van der Waals surface area contributed by atoms with E-state index in [4.69, 9.17) is 11.6 Å². The SMILES string of the molecule is CCCn1ncc(Cl)c1C(=O)c1c(C)cc(C)cc1C. The fourth-order valence-corrected chi connectivity index (χ4v) is 2.85. The summed E-state index contributed by atoms with van der Waals surface area (Å²) in [6, 6.07) is 4.04. The van der Waals surface area contributed by atoms with Crippen molar-refractivity contribution in [3.63, 3.8) is 0 Å². The molecule has 0 saturated heterocycles. The maximum Gasteiger partial charge on any atom is 0.213 e. The molecule has 0 spiro atoms. The van der Waals surface area contributed by atoms with Gasteiger partial charge in [0.1, 0.15) is 5.69 Å². The number of hydrogen-bond donors (Lipinski definition) is 0. The maximum absolute atomic E-state index is 12.8. The highest BCUT2D eigenvalue weighted by Gasteiger charge is 2.22. The summed E-state index contributed by atoms with van der Waals surface area (Å²) in [6.45, 7) is 8.69. The Balaban J connectivity index is 2.55. The molecule has 1 aromatic heterocycles. The Bertz CT molecular complexity index is 635. The van der Waals surface area contributed by atoms with Crippen LogP contribution >= 0.6 is 11.6 Å². The third-order valence-corrected chi connectivity index (χ3v) is 3.63. The highest BCUT2D eigenvalue weighted by atomic mass is 35.5. The summed E-state index contributed by atoms with van der Waals surface area (Å²) in [5.41, 5.74) is 4.34. The van der Waals surface area contributed by atoms with Crippen molar-refractivity contribution in [2.75, 3.05) is 0 Å². The van der Waals surface area contributed by atoms with E-state index in [-0.39, 0.29) is 5.78 Å². The van der Waals surface area contributed by atoms with Crippen molar-refractivity contribution in [1.29, 1.82) is 0 Å². The van der Waals surface area contributed by atoms with E-state index in [1.165, 1.54) is 0 Å². The quantitative estimate of drug-likeness (QED) is 0.795. The summed E-state index contributed by atoms with van der Waals surface area (Å²) < 4.78 is 1.70. The van der Waals surface area contributed by atoms with Gasteiger partial charge in [-0.15, -0.1) is 0 Å². The Hall–Kier alpha value is -1.61. The van der Waals surface area contributed by atoms with Crippen molar-refractivity contribution >= 4 is 17.4 Å². The maximum atomic E-state index is 12.8. The lowest BCUT2D eigenvalue weighted by Crippen LogP contribution is -2.14. The van der Waals surface area contributed by atoms with Gasteiger partial charge in [-0.1, -0.05) is 36.2 Å². The number of nitrogens with zero attached hydrogens (tertiary/aromatic N) is 2. The molecule has 0 aliphatic rings. The summed E-state index contributed by atoms with van der Waals surface area (Å²) in [6.07, 6.45) is 2.45. The van der Waals surface area contributed by atoms with Gasteiger partial charge in [-0.25, -0.2) is 0 Å². The van der Waals surface area contributed by atoms with Crippen molar-refractivity contribution in [1.82, 2.24) is 9.78 Å². The molecule has 1 heterocycles.